The lowest BCUT2D eigenvalue weighted by molar-refractivity contribution is -0.120. The van der Waals surface area contributed by atoms with Gasteiger partial charge in [0, 0.05) is 30.9 Å². The zero-order valence-corrected chi connectivity index (χ0v) is 17.4. The maximum atomic E-state index is 13.4. The third-order valence-corrected chi connectivity index (χ3v) is 7.39. The van der Waals surface area contributed by atoms with Gasteiger partial charge in [-0.25, -0.2) is 4.79 Å². The maximum Gasteiger partial charge on any atom is 0.328 e. The van der Waals surface area contributed by atoms with E-state index in [1.807, 2.05) is 4.90 Å². The molecule has 3 aliphatic rings. The minimum atomic E-state index is -0.482. The number of ether oxygens (including phenoxy) is 1. The quantitative estimate of drug-likeness (QED) is 0.803. The Morgan fingerprint density at radius 1 is 1.07 bits per heavy atom. The zero-order chi connectivity index (χ0) is 20.7. The molecule has 0 atom stereocenters. The Labute approximate surface area is 178 Å². The molecule has 2 fully saturated rings. The Bertz CT molecular complexity index is 1010. The molecule has 0 aliphatic carbocycles. The van der Waals surface area contributed by atoms with Crippen LogP contribution in [0.15, 0.2) is 35.7 Å². The second kappa shape index (κ2) is 7.52. The monoisotopic (exact) mass is 425 g/mol. The van der Waals surface area contributed by atoms with Crippen molar-refractivity contribution in [3.63, 3.8) is 0 Å². The van der Waals surface area contributed by atoms with E-state index in [9.17, 15) is 14.4 Å². The molecule has 5 rings (SSSR count). The molecule has 2 aromatic rings. The first-order valence-electron chi connectivity index (χ1n) is 10.3. The summed E-state index contributed by atoms with van der Waals surface area (Å²) in [4.78, 5) is 41.8. The van der Waals surface area contributed by atoms with Crippen LogP contribution in [0.25, 0.3) is 0 Å². The fourth-order valence-corrected chi connectivity index (χ4v) is 5.82. The second-order valence-electron chi connectivity index (χ2n) is 7.93. The zero-order valence-electron chi connectivity index (χ0n) is 16.6. The first kappa shape index (κ1) is 19.3. The van der Waals surface area contributed by atoms with Crippen LogP contribution in [0.4, 0.5) is 10.5 Å². The lowest BCUT2D eigenvalue weighted by atomic mass is 9.85. The van der Waals surface area contributed by atoms with Crippen molar-refractivity contribution in [1.82, 2.24) is 10.2 Å². The summed E-state index contributed by atoms with van der Waals surface area (Å²) in [7, 11) is 0. The summed E-state index contributed by atoms with van der Waals surface area (Å²) in [5.74, 6) is -0.380. The Morgan fingerprint density at radius 3 is 2.67 bits per heavy atom. The summed E-state index contributed by atoms with van der Waals surface area (Å²) >= 11 is 1.75. The molecule has 4 heterocycles. The summed E-state index contributed by atoms with van der Waals surface area (Å²) in [6.07, 6.45) is 2.72. The van der Waals surface area contributed by atoms with Gasteiger partial charge in [-0.3, -0.25) is 19.8 Å². The normalized spacial score (nSPS) is 20.8. The Kier molecular flexibility index (Phi) is 4.83. The fourth-order valence-electron chi connectivity index (χ4n) is 4.65. The molecule has 0 unspecified atom stereocenters. The molecule has 0 radical (unpaired) electrons. The minimum absolute atomic E-state index is 0.0904. The Balaban J connectivity index is 1.35. The van der Waals surface area contributed by atoms with Gasteiger partial charge in [-0.1, -0.05) is 12.1 Å². The number of urea groups is 1. The highest BCUT2D eigenvalue weighted by molar-refractivity contribution is 7.10. The number of hydrogen-bond acceptors (Lipinski definition) is 5. The number of carbonyl (C=O) groups is 3. The highest BCUT2D eigenvalue weighted by Gasteiger charge is 2.43. The number of hydrogen-bond donors (Lipinski definition) is 1. The molecular weight excluding hydrogens is 402 g/mol. The van der Waals surface area contributed by atoms with E-state index in [1.165, 1.54) is 15.3 Å². The number of piperidine rings is 1. The van der Waals surface area contributed by atoms with Crippen LogP contribution in [0.2, 0.25) is 0 Å². The van der Waals surface area contributed by atoms with Gasteiger partial charge in [-0.05, 0) is 48.4 Å². The van der Waals surface area contributed by atoms with Crippen molar-refractivity contribution in [1.29, 1.82) is 0 Å². The Hall–Kier alpha value is -2.71. The number of nitrogens with one attached hydrogen (secondary N) is 1. The Morgan fingerprint density at radius 2 is 1.87 bits per heavy atom. The summed E-state index contributed by atoms with van der Waals surface area (Å²) in [6.45, 7) is 2.21. The number of carbonyl (C=O) groups excluding carboxylic acids is 3. The van der Waals surface area contributed by atoms with Gasteiger partial charge in [-0.15, -0.1) is 11.3 Å². The first-order valence-corrected chi connectivity index (χ1v) is 11.2. The molecule has 2 saturated heterocycles. The van der Waals surface area contributed by atoms with Gasteiger partial charge in [-0.2, -0.15) is 0 Å². The predicted molar refractivity (Wildman–Crippen MR) is 113 cm³/mol. The fraction of sp³-hybridized carbons (Fsp3) is 0.409. The molecule has 8 heteroatoms. The average molecular weight is 426 g/mol. The summed E-state index contributed by atoms with van der Waals surface area (Å²) in [5, 5.41) is 4.46. The van der Waals surface area contributed by atoms with Crippen LogP contribution < -0.4 is 10.2 Å². The summed E-state index contributed by atoms with van der Waals surface area (Å²) in [5.41, 5.74) is 2.13. The van der Waals surface area contributed by atoms with Gasteiger partial charge < -0.3 is 9.64 Å². The topological polar surface area (TPSA) is 79.0 Å². The first-order chi connectivity index (χ1) is 14.6. The second-order valence-corrected chi connectivity index (χ2v) is 8.85. The number of benzene rings is 1. The maximum absolute atomic E-state index is 13.4. The molecule has 1 spiro atoms. The number of nitrogens with zero attached hydrogens (tertiary/aromatic N) is 2. The van der Waals surface area contributed by atoms with Gasteiger partial charge in [0.1, 0.15) is 5.60 Å². The molecule has 1 aromatic carbocycles. The van der Waals surface area contributed by atoms with Gasteiger partial charge in [0.05, 0.1) is 17.9 Å². The molecule has 1 N–H and O–H groups in total. The summed E-state index contributed by atoms with van der Waals surface area (Å²) < 4.78 is 6.25. The SMILES string of the molecule is O=C1CCN(c2ccccc2C(=O)N2CCC3(CC2)OCCc2ccsc23)C(=O)N1. The van der Waals surface area contributed by atoms with Gasteiger partial charge in [0.15, 0.2) is 0 Å². The molecule has 0 saturated carbocycles. The standard InChI is InChI=1S/C22H23N3O4S/c26-18-5-10-25(21(28)23-18)17-4-2-1-3-16(17)20(27)24-11-8-22(9-12-24)19-15(6-13-29-22)7-14-30-19/h1-4,7,14H,5-6,8-13H2,(H,23,26,28). The molecule has 1 aromatic heterocycles. The van der Waals surface area contributed by atoms with Crippen molar-refractivity contribution in [2.45, 2.75) is 31.3 Å². The van der Waals surface area contributed by atoms with E-state index in [0.717, 1.165) is 25.9 Å². The van der Waals surface area contributed by atoms with Crippen LogP contribution in [0.5, 0.6) is 0 Å². The van der Waals surface area contributed by atoms with Crippen molar-refractivity contribution in [2.24, 2.45) is 0 Å². The van der Waals surface area contributed by atoms with Crippen LogP contribution in [0.3, 0.4) is 0 Å². The highest BCUT2D eigenvalue weighted by Crippen LogP contribution is 2.44. The van der Waals surface area contributed by atoms with E-state index in [2.05, 4.69) is 16.8 Å². The van der Waals surface area contributed by atoms with E-state index in [0.29, 0.717) is 24.3 Å². The van der Waals surface area contributed by atoms with Gasteiger partial charge >= 0.3 is 6.03 Å². The molecule has 4 amide bonds. The number of para-hydroxylation sites is 1. The molecular formula is C22H23N3O4S. The number of amides is 4. The molecule has 30 heavy (non-hydrogen) atoms. The minimum Gasteiger partial charge on any atom is -0.369 e. The third-order valence-electron chi connectivity index (χ3n) is 6.25. The number of rotatable bonds is 2. The van der Waals surface area contributed by atoms with Crippen LogP contribution in [0, 0.1) is 0 Å². The van der Waals surface area contributed by atoms with E-state index in [-0.39, 0.29) is 30.4 Å². The van der Waals surface area contributed by atoms with E-state index < -0.39 is 6.03 Å². The number of likely N-dealkylation sites (tertiary alicyclic amines) is 1. The van der Waals surface area contributed by atoms with E-state index in [4.69, 9.17) is 4.74 Å². The van der Waals surface area contributed by atoms with Crippen LogP contribution >= 0.6 is 11.3 Å². The average Bonchev–Trinajstić information content (AvgIpc) is 3.25. The predicted octanol–water partition coefficient (Wildman–Crippen LogP) is 2.90. The number of imide groups is 1. The molecule has 156 valence electrons. The van der Waals surface area contributed by atoms with Crippen LogP contribution in [0.1, 0.15) is 40.1 Å². The van der Waals surface area contributed by atoms with Crippen molar-refractivity contribution in [2.75, 3.05) is 31.1 Å². The largest absolute Gasteiger partial charge is 0.369 e. The van der Waals surface area contributed by atoms with E-state index >= 15 is 0 Å². The van der Waals surface area contributed by atoms with Crippen LogP contribution in [-0.4, -0.2) is 49.0 Å². The highest BCUT2D eigenvalue weighted by atomic mass is 32.1. The van der Waals surface area contributed by atoms with Crippen molar-refractivity contribution < 1.29 is 19.1 Å². The van der Waals surface area contributed by atoms with Crippen LogP contribution in [-0.2, 0) is 21.6 Å². The third kappa shape index (κ3) is 3.20. The molecule has 3 aliphatic heterocycles. The van der Waals surface area contributed by atoms with Crippen molar-refractivity contribution in [3.05, 3.63) is 51.7 Å². The lowest BCUT2D eigenvalue weighted by Gasteiger charge is -2.44. The molecule has 7 nitrogen and oxygen atoms in total. The number of anilines is 1. The smallest absolute Gasteiger partial charge is 0.328 e. The van der Waals surface area contributed by atoms with Gasteiger partial charge in [0.2, 0.25) is 5.91 Å². The van der Waals surface area contributed by atoms with Crippen molar-refractivity contribution >= 4 is 34.9 Å². The molecule has 0 bridgehead atoms. The summed E-state index contributed by atoms with van der Waals surface area (Å²) in [6, 6.07) is 8.82. The van der Waals surface area contributed by atoms with E-state index in [1.54, 1.807) is 35.6 Å². The number of fused-ring (bicyclic) bond motifs is 2. The van der Waals surface area contributed by atoms with Gasteiger partial charge in [0.25, 0.3) is 5.91 Å². The lowest BCUT2D eigenvalue weighted by Crippen LogP contribution is -2.51. The van der Waals surface area contributed by atoms with Crippen molar-refractivity contribution in [3.8, 4) is 0 Å². The number of thiophene rings is 1.